The summed E-state index contributed by atoms with van der Waals surface area (Å²) in [5, 5.41) is 13.6. The van der Waals surface area contributed by atoms with Gasteiger partial charge in [-0.1, -0.05) is 26.8 Å². The van der Waals surface area contributed by atoms with Crippen molar-refractivity contribution < 1.29 is 14.3 Å². The molecule has 2 aliphatic heterocycles. The molecule has 4 heterocycles. The maximum Gasteiger partial charge on any atom is 0.257 e. The van der Waals surface area contributed by atoms with E-state index in [1.54, 1.807) is 0 Å². The van der Waals surface area contributed by atoms with Gasteiger partial charge in [-0.05, 0) is 37.1 Å². The van der Waals surface area contributed by atoms with Gasteiger partial charge in [0.25, 0.3) is 5.91 Å². The van der Waals surface area contributed by atoms with Gasteiger partial charge in [-0.2, -0.15) is 9.61 Å². The summed E-state index contributed by atoms with van der Waals surface area (Å²) in [6, 6.07) is 9.48. The van der Waals surface area contributed by atoms with Gasteiger partial charge in [-0.3, -0.25) is 4.79 Å². The van der Waals surface area contributed by atoms with E-state index in [1.165, 1.54) is 0 Å². The fourth-order valence-corrected chi connectivity index (χ4v) is 4.21. The zero-order valence-corrected chi connectivity index (χ0v) is 18.2. The Morgan fingerprint density at radius 2 is 1.81 bits per heavy atom. The summed E-state index contributed by atoms with van der Waals surface area (Å²) < 4.78 is 13.2. The number of rotatable bonds is 2. The Hall–Kier alpha value is -3.16. The third-order valence-corrected chi connectivity index (χ3v) is 6.00. The van der Waals surface area contributed by atoms with Crippen LogP contribution in [0.5, 0.6) is 11.5 Å². The summed E-state index contributed by atoms with van der Waals surface area (Å²) in [6.07, 6.45) is 1.64. The molecule has 0 atom stereocenters. The van der Waals surface area contributed by atoms with Crippen molar-refractivity contribution in [1.29, 1.82) is 0 Å². The summed E-state index contributed by atoms with van der Waals surface area (Å²) >= 11 is 0. The predicted octanol–water partition coefficient (Wildman–Crippen LogP) is 3.21. The highest BCUT2D eigenvalue weighted by Crippen LogP contribution is 2.35. The third-order valence-electron chi connectivity index (χ3n) is 6.00. The first-order valence-corrected chi connectivity index (χ1v) is 10.8. The predicted molar refractivity (Wildman–Crippen MR) is 115 cm³/mol. The number of carbonyl (C=O) groups is 1. The van der Waals surface area contributed by atoms with Crippen LogP contribution in [0.1, 0.15) is 61.4 Å². The highest BCUT2D eigenvalue weighted by Gasteiger charge is 2.30. The van der Waals surface area contributed by atoms with Crippen LogP contribution in [0.25, 0.3) is 5.65 Å². The van der Waals surface area contributed by atoms with Crippen molar-refractivity contribution in [3.05, 3.63) is 47.4 Å². The van der Waals surface area contributed by atoms with Crippen LogP contribution in [0.4, 0.5) is 0 Å². The standard InChI is InChI=1S/C23H27N5O3/c1-23(2,3)18-7-8-19-24-25-21(28(19)26-18)15-9-11-27(12-10-15)22(29)16-5-4-6-17-20(16)31-14-13-30-17/h4-8,15H,9-14H2,1-3H3. The Balaban J connectivity index is 1.34. The summed E-state index contributed by atoms with van der Waals surface area (Å²) in [6.45, 7) is 8.71. The molecule has 5 rings (SSSR count). The second-order valence-corrected chi connectivity index (χ2v) is 9.19. The zero-order valence-electron chi connectivity index (χ0n) is 18.2. The zero-order chi connectivity index (χ0) is 21.6. The molecule has 0 radical (unpaired) electrons. The van der Waals surface area contributed by atoms with Crippen molar-refractivity contribution in [1.82, 2.24) is 24.7 Å². The average Bonchev–Trinajstić information content (AvgIpc) is 3.21. The molecule has 0 bridgehead atoms. The number of carbonyl (C=O) groups excluding carboxylic acids is 1. The molecule has 2 aliphatic rings. The van der Waals surface area contributed by atoms with Crippen molar-refractivity contribution >= 4 is 11.6 Å². The summed E-state index contributed by atoms with van der Waals surface area (Å²) in [4.78, 5) is 15.1. The van der Waals surface area contributed by atoms with E-state index in [9.17, 15) is 4.79 Å². The number of nitrogens with zero attached hydrogens (tertiary/aromatic N) is 5. The molecule has 3 aromatic rings. The van der Waals surface area contributed by atoms with E-state index >= 15 is 0 Å². The average molecular weight is 422 g/mol. The minimum atomic E-state index is -0.0495. The lowest BCUT2D eigenvalue weighted by molar-refractivity contribution is 0.0700. The number of para-hydroxylation sites is 1. The van der Waals surface area contributed by atoms with Crippen LogP contribution in [-0.2, 0) is 5.41 Å². The Kier molecular flexibility index (Phi) is 4.79. The van der Waals surface area contributed by atoms with Crippen molar-refractivity contribution in [2.45, 2.75) is 44.9 Å². The first kappa shape index (κ1) is 19.8. The van der Waals surface area contributed by atoms with Gasteiger partial charge >= 0.3 is 0 Å². The van der Waals surface area contributed by atoms with Crippen molar-refractivity contribution in [3.63, 3.8) is 0 Å². The quantitative estimate of drug-likeness (QED) is 0.632. The third kappa shape index (κ3) is 3.60. The summed E-state index contributed by atoms with van der Waals surface area (Å²) in [7, 11) is 0. The van der Waals surface area contributed by atoms with Crippen LogP contribution in [0.3, 0.4) is 0 Å². The monoisotopic (exact) mass is 421 g/mol. The van der Waals surface area contributed by atoms with Gasteiger partial charge in [0.05, 0.1) is 11.3 Å². The number of piperidine rings is 1. The molecule has 1 aromatic carbocycles. The Morgan fingerprint density at radius 3 is 2.58 bits per heavy atom. The smallest absolute Gasteiger partial charge is 0.257 e. The molecule has 8 heteroatoms. The summed E-state index contributed by atoms with van der Waals surface area (Å²) in [5.74, 6) is 2.28. The molecule has 1 saturated heterocycles. The SMILES string of the molecule is CC(C)(C)c1ccc2nnc(C3CCN(C(=O)c4cccc5c4OCCO5)CC3)n2n1. The van der Waals surface area contributed by atoms with Gasteiger partial charge in [0, 0.05) is 24.4 Å². The number of hydrogen-bond acceptors (Lipinski definition) is 6. The van der Waals surface area contributed by atoms with Gasteiger partial charge in [0.2, 0.25) is 0 Å². The van der Waals surface area contributed by atoms with E-state index in [-0.39, 0.29) is 17.2 Å². The minimum Gasteiger partial charge on any atom is -0.486 e. The Morgan fingerprint density at radius 1 is 1.03 bits per heavy atom. The fraction of sp³-hybridized carbons (Fsp3) is 0.478. The second-order valence-electron chi connectivity index (χ2n) is 9.19. The lowest BCUT2D eigenvalue weighted by Gasteiger charge is -2.32. The number of fused-ring (bicyclic) bond motifs is 2. The van der Waals surface area contributed by atoms with Crippen LogP contribution >= 0.6 is 0 Å². The van der Waals surface area contributed by atoms with E-state index in [0.717, 1.165) is 30.0 Å². The molecule has 8 nitrogen and oxygen atoms in total. The molecule has 1 fully saturated rings. The van der Waals surface area contributed by atoms with Crippen molar-refractivity contribution in [3.8, 4) is 11.5 Å². The number of likely N-dealkylation sites (tertiary alicyclic amines) is 1. The molecule has 2 aromatic heterocycles. The Labute approximate surface area is 181 Å². The van der Waals surface area contributed by atoms with E-state index in [0.29, 0.717) is 43.4 Å². The highest BCUT2D eigenvalue weighted by atomic mass is 16.6. The number of benzene rings is 1. The molecule has 0 unspecified atom stereocenters. The number of amides is 1. The van der Waals surface area contributed by atoms with Crippen LogP contribution in [0, 0.1) is 0 Å². The molecule has 0 aliphatic carbocycles. The molecule has 162 valence electrons. The van der Waals surface area contributed by atoms with E-state index in [2.05, 4.69) is 31.0 Å². The normalized spacial score (nSPS) is 17.2. The van der Waals surface area contributed by atoms with Gasteiger partial charge < -0.3 is 14.4 Å². The lowest BCUT2D eigenvalue weighted by Crippen LogP contribution is -2.38. The van der Waals surface area contributed by atoms with Gasteiger partial charge in [-0.25, -0.2) is 0 Å². The van der Waals surface area contributed by atoms with Crippen LogP contribution < -0.4 is 9.47 Å². The first-order valence-electron chi connectivity index (χ1n) is 10.8. The molecular weight excluding hydrogens is 394 g/mol. The van der Waals surface area contributed by atoms with E-state index in [4.69, 9.17) is 14.6 Å². The first-order chi connectivity index (χ1) is 14.9. The molecule has 1 amide bonds. The highest BCUT2D eigenvalue weighted by molar-refractivity contribution is 5.98. The van der Waals surface area contributed by atoms with Crippen molar-refractivity contribution in [2.24, 2.45) is 0 Å². The number of aromatic nitrogens is 4. The Bertz CT molecular complexity index is 1130. The van der Waals surface area contributed by atoms with Crippen LogP contribution in [0.2, 0.25) is 0 Å². The maximum absolute atomic E-state index is 13.2. The molecule has 31 heavy (non-hydrogen) atoms. The molecular formula is C23H27N5O3. The minimum absolute atomic E-state index is 0.0138. The van der Waals surface area contributed by atoms with E-state index in [1.807, 2.05) is 39.7 Å². The fourth-order valence-electron chi connectivity index (χ4n) is 4.21. The molecule has 0 spiro atoms. The topological polar surface area (TPSA) is 81.9 Å². The second kappa shape index (κ2) is 7.51. The lowest BCUT2D eigenvalue weighted by atomic mass is 9.92. The van der Waals surface area contributed by atoms with Crippen LogP contribution in [-0.4, -0.2) is 56.9 Å². The summed E-state index contributed by atoms with van der Waals surface area (Å²) in [5.41, 5.74) is 2.28. The van der Waals surface area contributed by atoms with Gasteiger partial charge in [0.15, 0.2) is 23.0 Å². The maximum atomic E-state index is 13.2. The van der Waals surface area contributed by atoms with E-state index < -0.39 is 0 Å². The van der Waals surface area contributed by atoms with Gasteiger partial charge in [-0.15, -0.1) is 10.2 Å². The number of hydrogen-bond donors (Lipinski definition) is 0. The van der Waals surface area contributed by atoms with Crippen LogP contribution in [0.15, 0.2) is 30.3 Å². The van der Waals surface area contributed by atoms with Crippen molar-refractivity contribution in [2.75, 3.05) is 26.3 Å². The largest absolute Gasteiger partial charge is 0.486 e. The number of ether oxygens (including phenoxy) is 2. The van der Waals surface area contributed by atoms with Gasteiger partial charge in [0.1, 0.15) is 13.2 Å². The molecule has 0 N–H and O–H groups in total. The molecule has 0 saturated carbocycles.